The predicted molar refractivity (Wildman–Crippen MR) is 14.0 cm³/mol. The molecule has 0 aliphatic carbocycles. The molecule has 0 fully saturated rings. The predicted octanol–water partition coefficient (Wildman–Crippen LogP) is -2.23. The molecule has 0 saturated carbocycles. The summed E-state index contributed by atoms with van der Waals surface area (Å²) in [5.41, 5.74) is 0. The van der Waals surface area contributed by atoms with E-state index in [0.29, 0.717) is 0 Å². The molecule has 6 heavy (non-hydrogen) atoms. The van der Waals surface area contributed by atoms with E-state index in [-0.39, 0.29) is 27.3 Å². The van der Waals surface area contributed by atoms with Gasteiger partial charge in [-0.2, -0.15) is 0 Å². The average molecular weight is 271 g/mol. The molecule has 0 radical (unpaired) electrons. The molecule has 3 nitrogen and oxygen atoms in total. The van der Waals surface area contributed by atoms with Crippen molar-refractivity contribution >= 4 is 22.4 Å². The van der Waals surface area contributed by atoms with E-state index in [1.165, 1.54) is 0 Å². The van der Waals surface area contributed by atoms with Crippen LogP contribution in [0.2, 0.25) is 0 Å². The Morgan fingerprint density at radius 1 is 1.50 bits per heavy atom. The first kappa shape index (κ1) is 10.4. The summed E-state index contributed by atoms with van der Waals surface area (Å²) in [6.45, 7) is 0. The fourth-order valence-electron chi connectivity index (χ4n) is 0. The maximum Gasteiger partial charge on any atom is 2.00 e. The van der Waals surface area contributed by atoms with E-state index >= 15 is 0 Å². The Balaban J connectivity index is 0. The van der Waals surface area contributed by atoms with Crippen molar-refractivity contribution in [3.05, 3.63) is 0 Å². The number of rotatable bonds is 0. The summed E-state index contributed by atoms with van der Waals surface area (Å²) in [6, 6.07) is 0. The van der Waals surface area contributed by atoms with E-state index < -0.39 is 11.8 Å². The molecule has 0 amide bonds. The Labute approximate surface area is 61.5 Å². The molecule has 0 aliphatic rings. The van der Waals surface area contributed by atoms with Crippen molar-refractivity contribution in [3.63, 3.8) is 0 Å². The van der Waals surface area contributed by atoms with Gasteiger partial charge in [-0.05, 0) is 0 Å². The molecule has 0 N–H and O–H groups in total. The Morgan fingerprint density at radius 3 is 1.50 bits per heavy atom. The molecule has 0 heterocycles. The minimum atomic E-state index is -4.92. The van der Waals surface area contributed by atoms with Gasteiger partial charge >= 0.3 is 61.9 Å². The smallest absolute Gasteiger partial charge is 2.00 e. The average Bonchev–Trinajstić information content (AvgIpc) is 0.722. The third-order valence-corrected chi connectivity index (χ3v) is 0. The van der Waals surface area contributed by atoms with Crippen molar-refractivity contribution in [1.29, 1.82) is 0 Å². The zero-order valence-electron chi connectivity index (χ0n) is 2.75. The zero-order valence-corrected chi connectivity index (χ0v) is 9.31. The molecular weight excluding hydrogens is 271 g/mol. The minimum Gasteiger partial charge on any atom is 2.00 e. The Hall–Kier alpha value is 1.38. The standard InChI is InChI=1S/Cd.H2O3SSe/c;1-5(2,3)4/h;(H2,1,2,3,4)/q+2;/p-2. The van der Waals surface area contributed by atoms with Crippen LogP contribution in [0.15, 0.2) is 0 Å². The van der Waals surface area contributed by atoms with Crippen molar-refractivity contribution in [2.45, 2.75) is 0 Å². The minimum absolute atomic E-state index is 0. The van der Waals surface area contributed by atoms with Gasteiger partial charge in [0.2, 0.25) is 0 Å². The van der Waals surface area contributed by atoms with E-state index in [4.69, 9.17) is 12.2 Å². The van der Waals surface area contributed by atoms with Crippen LogP contribution in [0.3, 0.4) is 0 Å². The third-order valence-electron chi connectivity index (χ3n) is 0. The van der Waals surface area contributed by atoms with Crippen molar-refractivity contribution < 1.29 is 39.5 Å². The monoisotopic (exact) mass is 274 g/mol. The van der Waals surface area contributed by atoms with Crippen LogP contribution in [0.25, 0.3) is 0 Å². The first-order valence-electron chi connectivity index (χ1n) is 0.667. The molecule has 32 valence electrons. The molecule has 0 bridgehead atoms. The van der Waals surface area contributed by atoms with E-state index in [9.17, 15) is 0 Å². The summed E-state index contributed by atoms with van der Waals surface area (Å²) in [7, 11) is 3.32. The zero-order chi connectivity index (χ0) is 4.50. The van der Waals surface area contributed by atoms with Crippen molar-refractivity contribution in [2.75, 3.05) is 0 Å². The summed E-state index contributed by atoms with van der Waals surface area (Å²) in [6.07, 6.45) is 0. The second-order valence-electron chi connectivity index (χ2n) is 0.408. The molecule has 0 aromatic heterocycles. The van der Waals surface area contributed by atoms with Crippen LogP contribution in [0.4, 0.5) is 0 Å². The molecule has 6 heteroatoms. The first-order valence-corrected chi connectivity index (χ1v) is 5.20. The maximum absolute atomic E-state index is 8.96. The summed E-state index contributed by atoms with van der Waals surface area (Å²) < 4.78 is 26.9. The van der Waals surface area contributed by atoms with Gasteiger partial charge in [0.25, 0.3) is 0 Å². The van der Waals surface area contributed by atoms with Gasteiger partial charge in [-0.15, -0.1) is 0 Å². The van der Waals surface area contributed by atoms with Crippen molar-refractivity contribution in [2.24, 2.45) is 0 Å². The number of hydrogen-bond donors (Lipinski definition) is 0. The number of hydrogen-bond acceptors (Lipinski definition) is 4. The molecule has 0 atom stereocenters. The largest absolute Gasteiger partial charge is 2.00 e. The quantitative estimate of drug-likeness (QED) is 0.468. The molecule has 0 rings (SSSR count). The molecule has 0 aromatic carbocycles. The van der Waals surface area contributed by atoms with Crippen molar-refractivity contribution in [1.82, 2.24) is 0 Å². The van der Waals surface area contributed by atoms with Crippen LogP contribution in [0, 0.1) is 0 Å². The van der Waals surface area contributed by atoms with Crippen LogP contribution in [-0.2, 0) is 31.1 Å². The summed E-state index contributed by atoms with van der Waals surface area (Å²) in [4.78, 5) is 0. The second kappa shape index (κ2) is 3.39. The summed E-state index contributed by atoms with van der Waals surface area (Å²) >= 11 is -4.92. The van der Waals surface area contributed by atoms with E-state index in [1.54, 1.807) is 0 Å². The van der Waals surface area contributed by atoms with Gasteiger partial charge in [-0.3, -0.25) is 0 Å². The van der Waals surface area contributed by atoms with E-state index in [0.717, 1.165) is 0 Å². The van der Waals surface area contributed by atoms with E-state index in [1.807, 2.05) is 0 Å². The second-order valence-corrected chi connectivity index (χ2v) is 4.24. The first-order chi connectivity index (χ1) is 2.00. The van der Waals surface area contributed by atoms with Gasteiger partial charge in [0, 0.05) is 0 Å². The Morgan fingerprint density at radius 2 is 1.50 bits per heavy atom. The molecule has 0 aromatic rings. The van der Waals surface area contributed by atoms with Crippen LogP contribution in [0.5, 0.6) is 0 Å². The van der Waals surface area contributed by atoms with Gasteiger partial charge in [0.15, 0.2) is 0 Å². The fraction of sp³-hybridized carbons (Fsp3) is 0. The van der Waals surface area contributed by atoms with Gasteiger partial charge < -0.3 is 0 Å². The van der Waals surface area contributed by atoms with Crippen LogP contribution in [0.1, 0.15) is 0 Å². The molecule has 0 saturated heterocycles. The van der Waals surface area contributed by atoms with Crippen LogP contribution >= 0.6 is 10.6 Å². The van der Waals surface area contributed by atoms with E-state index in [2.05, 4.69) is 10.6 Å². The summed E-state index contributed by atoms with van der Waals surface area (Å²) in [5.74, 6) is 0. The molecule has 0 unspecified atom stereocenters. The van der Waals surface area contributed by atoms with Gasteiger partial charge in [-0.25, -0.2) is 0 Å². The van der Waals surface area contributed by atoms with Crippen LogP contribution in [-0.4, -0.2) is 11.8 Å². The topological polar surface area (TPSA) is 63.2 Å². The van der Waals surface area contributed by atoms with Gasteiger partial charge in [0.1, 0.15) is 0 Å². The molecular formula is CdO3SSe. The summed E-state index contributed by atoms with van der Waals surface area (Å²) in [5, 5.41) is 0. The van der Waals surface area contributed by atoms with Crippen molar-refractivity contribution in [3.8, 4) is 0 Å². The van der Waals surface area contributed by atoms with Gasteiger partial charge in [-0.1, -0.05) is 0 Å². The SMILES string of the molecule is O=[Se]([O-])([O-])=S.[Cd+2]. The molecule has 0 spiro atoms. The molecule has 0 aliphatic heterocycles. The third kappa shape index (κ3) is 54.1. The van der Waals surface area contributed by atoms with Crippen LogP contribution < -0.4 is 8.38 Å². The fourth-order valence-corrected chi connectivity index (χ4v) is 0. The Bertz CT molecular complexity index is 94.0. The maximum atomic E-state index is 8.96. The Kier molecular flexibility index (Phi) is 5.87. The normalized spacial score (nSPS) is 9.67. The van der Waals surface area contributed by atoms with Gasteiger partial charge in [0.05, 0.1) is 0 Å².